The maximum atomic E-state index is 11.8. The van der Waals surface area contributed by atoms with Gasteiger partial charge in [-0.15, -0.1) is 0 Å². The molecular weight excluding hydrogens is 254 g/mol. The van der Waals surface area contributed by atoms with E-state index in [1.807, 2.05) is 17.1 Å². The summed E-state index contributed by atoms with van der Waals surface area (Å²) in [4.78, 5) is 24.5. The second-order valence-corrected chi connectivity index (χ2v) is 6.01. The Bertz CT molecular complexity index is 391. The lowest BCUT2D eigenvalue weighted by Gasteiger charge is -2.45. The van der Waals surface area contributed by atoms with E-state index < -0.39 is 0 Å². The number of carbonyl (C=O) groups excluding carboxylic acids is 2. The number of hydrogen-bond acceptors (Lipinski definition) is 3. The number of esters is 1. The van der Waals surface area contributed by atoms with Crippen molar-refractivity contribution in [2.75, 3.05) is 13.2 Å². The second kappa shape index (κ2) is 6.91. The van der Waals surface area contributed by atoms with E-state index in [4.69, 9.17) is 4.74 Å². The molecule has 1 aliphatic heterocycles. The van der Waals surface area contributed by atoms with E-state index in [0.29, 0.717) is 12.5 Å². The van der Waals surface area contributed by atoms with Crippen LogP contribution in [0.15, 0.2) is 12.2 Å². The molecule has 2 fully saturated rings. The first-order valence-electron chi connectivity index (χ1n) is 7.65. The maximum Gasteiger partial charge on any atom is 0.302 e. The zero-order chi connectivity index (χ0) is 14.5. The summed E-state index contributed by atoms with van der Waals surface area (Å²) in [6.45, 7) is 4.24. The van der Waals surface area contributed by atoms with Gasteiger partial charge in [0.05, 0.1) is 6.04 Å². The quantitative estimate of drug-likeness (QED) is 0.589. The van der Waals surface area contributed by atoms with Gasteiger partial charge in [-0.25, -0.2) is 0 Å². The van der Waals surface area contributed by atoms with E-state index in [0.717, 1.165) is 18.9 Å². The number of fused-ring (bicyclic) bond motifs is 1. The lowest BCUT2D eigenvalue weighted by molar-refractivity contribution is -0.140. The average Bonchev–Trinajstić information content (AvgIpc) is 2.42. The molecule has 1 amide bonds. The van der Waals surface area contributed by atoms with Crippen molar-refractivity contribution in [1.82, 2.24) is 4.90 Å². The molecule has 3 unspecified atom stereocenters. The molecule has 4 heteroatoms. The van der Waals surface area contributed by atoms with Crippen molar-refractivity contribution < 1.29 is 14.3 Å². The SMILES string of the molecule is CC(=O)OC/C=C\C1CC2CCCCC2CN1C(C)=O. The molecule has 0 radical (unpaired) electrons. The molecule has 4 nitrogen and oxygen atoms in total. The van der Waals surface area contributed by atoms with Crippen LogP contribution in [0.3, 0.4) is 0 Å². The summed E-state index contributed by atoms with van der Waals surface area (Å²) in [7, 11) is 0. The lowest BCUT2D eigenvalue weighted by Crippen LogP contribution is -2.49. The highest BCUT2D eigenvalue weighted by Gasteiger charge is 2.36. The predicted molar refractivity (Wildman–Crippen MR) is 77.0 cm³/mol. The Labute approximate surface area is 121 Å². The van der Waals surface area contributed by atoms with Crippen molar-refractivity contribution in [2.24, 2.45) is 11.8 Å². The molecule has 2 rings (SSSR count). The first-order chi connectivity index (χ1) is 9.58. The van der Waals surface area contributed by atoms with Gasteiger partial charge in [0.2, 0.25) is 5.91 Å². The van der Waals surface area contributed by atoms with E-state index >= 15 is 0 Å². The van der Waals surface area contributed by atoms with E-state index in [-0.39, 0.29) is 17.9 Å². The predicted octanol–water partition coefficient (Wildman–Crippen LogP) is 2.53. The van der Waals surface area contributed by atoms with Crippen LogP contribution in [0.2, 0.25) is 0 Å². The summed E-state index contributed by atoms with van der Waals surface area (Å²) < 4.78 is 4.91. The van der Waals surface area contributed by atoms with E-state index in [2.05, 4.69) is 0 Å². The molecular formula is C16H25NO3. The number of piperidine rings is 1. The smallest absolute Gasteiger partial charge is 0.302 e. The fraction of sp³-hybridized carbons (Fsp3) is 0.750. The van der Waals surface area contributed by atoms with Gasteiger partial charge in [-0.3, -0.25) is 9.59 Å². The summed E-state index contributed by atoms with van der Waals surface area (Å²) in [5, 5.41) is 0. The first-order valence-corrected chi connectivity index (χ1v) is 7.65. The molecule has 3 atom stereocenters. The zero-order valence-electron chi connectivity index (χ0n) is 12.5. The minimum absolute atomic E-state index is 0.149. The van der Waals surface area contributed by atoms with Crippen molar-refractivity contribution >= 4 is 11.9 Å². The third-order valence-corrected chi connectivity index (χ3v) is 4.59. The third-order valence-electron chi connectivity index (χ3n) is 4.59. The highest BCUT2D eigenvalue weighted by molar-refractivity contribution is 5.74. The standard InChI is InChI=1S/C16H25NO3/c1-12(18)17-11-15-7-4-3-6-14(15)10-16(17)8-5-9-20-13(2)19/h5,8,14-16H,3-4,6-7,9-11H2,1-2H3/b8-5-. The van der Waals surface area contributed by atoms with Gasteiger partial charge in [-0.1, -0.05) is 25.3 Å². The van der Waals surface area contributed by atoms with Gasteiger partial charge in [-0.2, -0.15) is 0 Å². The molecule has 0 aromatic rings. The Morgan fingerprint density at radius 1 is 1.20 bits per heavy atom. The van der Waals surface area contributed by atoms with Gasteiger partial charge in [0, 0.05) is 20.4 Å². The topological polar surface area (TPSA) is 46.6 Å². The Balaban J connectivity index is 1.96. The average molecular weight is 279 g/mol. The zero-order valence-corrected chi connectivity index (χ0v) is 12.5. The van der Waals surface area contributed by atoms with Crippen LogP contribution in [0.5, 0.6) is 0 Å². The Morgan fingerprint density at radius 2 is 1.90 bits per heavy atom. The molecule has 1 aliphatic carbocycles. The third kappa shape index (κ3) is 3.84. The minimum Gasteiger partial charge on any atom is -0.462 e. The Hall–Kier alpha value is -1.32. The number of rotatable bonds is 3. The number of nitrogens with zero attached hydrogens (tertiary/aromatic N) is 1. The van der Waals surface area contributed by atoms with Gasteiger partial charge in [0.15, 0.2) is 0 Å². The molecule has 0 spiro atoms. The number of carbonyl (C=O) groups is 2. The molecule has 0 aromatic heterocycles. The summed E-state index contributed by atoms with van der Waals surface area (Å²) in [5.74, 6) is 1.32. The van der Waals surface area contributed by atoms with Gasteiger partial charge in [0.1, 0.15) is 6.61 Å². The molecule has 0 N–H and O–H groups in total. The first kappa shape index (κ1) is 15.1. The Morgan fingerprint density at radius 3 is 2.55 bits per heavy atom. The summed E-state index contributed by atoms with van der Waals surface area (Å²) >= 11 is 0. The summed E-state index contributed by atoms with van der Waals surface area (Å²) in [6.07, 6.45) is 10.1. The molecule has 112 valence electrons. The highest BCUT2D eigenvalue weighted by Crippen LogP contribution is 2.38. The van der Waals surface area contributed by atoms with E-state index in [1.54, 1.807) is 6.92 Å². The second-order valence-electron chi connectivity index (χ2n) is 6.01. The van der Waals surface area contributed by atoms with Crippen LogP contribution in [-0.4, -0.2) is 36.0 Å². The fourth-order valence-corrected chi connectivity index (χ4v) is 3.58. The van der Waals surface area contributed by atoms with E-state index in [9.17, 15) is 9.59 Å². The largest absolute Gasteiger partial charge is 0.462 e. The van der Waals surface area contributed by atoms with Gasteiger partial charge >= 0.3 is 5.97 Å². The van der Waals surface area contributed by atoms with Crippen LogP contribution in [0.4, 0.5) is 0 Å². The highest BCUT2D eigenvalue weighted by atomic mass is 16.5. The minimum atomic E-state index is -0.269. The number of amides is 1. The summed E-state index contributed by atoms with van der Waals surface area (Å²) in [5.41, 5.74) is 0. The van der Waals surface area contributed by atoms with Crippen LogP contribution in [0.1, 0.15) is 46.0 Å². The molecule has 20 heavy (non-hydrogen) atoms. The number of hydrogen-bond donors (Lipinski definition) is 0. The molecule has 1 heterocycles. The van der Waals surface area contributed by atoms with Crippen molar-refractivity contribution in [3.63, 3.8) is 0 Å². The van der Waals surface area contributed by atoms with Crippen LogP contribution < -0.4 is 0 Å². The van der Waals surface area contributed by atoms with Crippen LogP contribution >= 0.6 is 0 Å². The van der Waals surface area contributed by atoms with Gasteiger partial charge < -0.3 is 9.64 Å². The van der Waals surface area contributed by atoms with Crippen LogP contribution in [0.25, 0.3) is 0 Å². The lowest BCUT2D eigenvalue weighted by atomic mass is 9.73. The molecule has 1 saturated heterocycles. The van der Waals surface area contributed by atoms with Crippen molar-refractivity contribution in [3.05, 3.63) is 12.2 Å². The number of ether oxygens (including phenoxy) is 1. The van der Waals surface area contributed by atoms with Crippen LogP contribution in [-0.2, 0) is 14.3 Å². The normalized spacial score (nSPS) is 30.1. The molecule has 1 saturated carbocycles. The Kier molecular flexibility index (Phi) is 5.21. The maximum absolute atomic E-state index is 11.8. The van der Waals surface area contributed by atoms with E-state index in [1.165, 1.54) is 32.6 Å². The summed E-state index contributed by atoms with van der Waals surface area (Å²) in [6, 6.07) is 0.169. The molecule has 2 aliphatic rings. The van der Waals surface area contributed by atoms with Gasteiger partial charge in [0.25, 0.3) is 0 Å². The molecule has 0 bridgehead atoms. The fourth-order valence-electron chi connectivity index (χ4n) is 3.58. The monoisotopic (exact) mass is 279 g/mol. The van der Waals surface area contributed by atoms with Crippen molar-refractivity contribution in [2.45, 2.75) is 52.0 Å². The van der Waals surface area contributed by atoms with Gasteiger partial charge in [-0.05, 0) is 30.8 Å². The van der Waals surface area contributed by atoms with Crippen molar-refractivity contribution in [3.8, 4) is 0 Å². The molecule has 0 aromatic carbocycles. The van der Waals surface area contributed by atoms with Crippen molar-refractivity contribution in [1.29, 1.82) is 0 Å². The number of likely N-dealkylation sites (tertiary alicyclic amines) is 1. The van der Waals surface area contributed by atoms with Crippen LogP contribution in [0, 0.1) is 11.8 Å².